The van der Waals surface area contributed by atoms with Crippen molar-refractivity contribution in [2.75, 3.05) is 19.0 Å². The molecule has 1 aromatic rings. The molecular formula is C12H19BrN2. The molecule has 1 aromatic carbocycles. The van der Waals surface area contributed by atoms with E-state index in [-0.39, 0.29) is 5.54 Å². The van der Waals surface area contributed by atoms with Crippen LogP contribution in [0.5, 0.6) is 0 Å². The topological polar surface area (TPSA) is 29.3 Å². The fourth-order valence-electron chi connectivity index (χ4n) is 1.60. The van der Waals surface area contributed by atoms with Gasteiger partial charge in [0.05, 0.1) is 0 Å². The predicted octanol–water partition coefficient (Wildman–Crippen LogP) is 2.79. The van der Waals surface area contributed by atoms with Crippen molar-refractivity contribution in [1.82, 2.24) is 0 Å². The number of nitrogens with zero attached hydrogens (tertiary/aromatic N) is 1. The van der Waals surface area contributed by atoms with Crippen molar-refractivity contribution in [2.24, 2.45) is 5.73 Å². The van der Waals surface area contributed by atoms with Crippen LogP contribution in [0.3, 0.4) is 0 Å². The van der Waals surface area contributed by atoms with Crippen LogP contribution in [-0.2, 0) is 6.42 Å². The Kier molecular flexibility index (Phi) is 3.79. The standard InChI is InChI=1S/C12H19BrN2/c1-12(2,14)8-9-10(13)6-5-7-11(9)15(3)4/h5-7H,8,14H2,1-4H3. The molecule has 3 heteroatoms. The van der Waals surface area contributed by atoms with Crippen LogP contribution >= 0.6 is 15.9 Å². The van der Waals surface area contributed by atoms with E-state index in [2.05, 4.69) is 47.1 Å². The van der Waals surface area contributed by atoms with Gasteiger partial charge in [0, 0.05) is 29.8 Å². The van der Waals surface area contributed by atoms with E-state index in [0.29, 0.717) is 0 Å². The first-order chi connectivity index (χ1) is 6.81. The second-order valence-corrected chi connectivity index (χ2v) is 5.65. The summed E-state index contributed by atoms with van der Waals surface area (Å²) in [7, 11) is 4.10. The first kappa shape index (κ1) is 12.5. The van der Waals surface area contributed by atoms with Crippen molar-refractivity contribution < 1.29 is 0 Å². The van der Waals surface area contributed by atoms with E-state index in [0.717, 1.165) is 10.9 Å². The van der Waals surface area contributed by atoms with Gasteiger partial charge in [-0.15, -0.1) is 0 Å². The maximum atomic E-state index is 6.07. The van der Waals surface area contributed by atoms with Gasteiger partial charge in [-0.25, -0.2) is 0 Å². The van der Waals surface area contributed by atoms with Crippen LogP contribution in [0.15, 0.2) is 22.7 Å². The number of hydrogen-bond donors (Lipinski definition) is 1. The second-order valence-electron chi connectivity index (χ2n) is 4.80. The van der Waals surface area contributed by atoms with Crippen molar-refractivity contribution in [1.29, 1.82) is 0 Å². The van der Waals surface area contributed by atoms with Crippen LogP contribution < -0.4 is 10.6 Å². The van der Waals surface area contributed by atoms with Gasteiger partial charge in [-0.1, -0.05) is 22.0 Å². The van der Waals surface area contributed by atoms with Crippen LogP contribution in [0.2, 0.25) is 0 Å². The Hall–Kier alpha value is -0.540. The summed E-state index contributed by atoms with van der Waals surface area (Å²) in [6.45, 7) is 4.10. The monoisotopic (exact) mass is 270 g/mol. The summed E-state index contributed by atoms with van der Waals surface area (Å²) in [5.41, 5.74) is 8.38. The van der Waals surface area contributed by atoms with Crippen molar-refractivity contribution in [2.45, 2.75) is 25.8 Å². The molecule has 0 saturated carbocycles. The van der Waals surface area contributed by atoms with Gasteiger partial charge in [0.1, 0.15) is 0 Å². The Labute approximate surface area is 101 Å². The largest absolute Gasteiger partial charge is 0.377 e. The fraction of sp³-hybridized carbons (Fsp3) is 0.500. The van der Waals surface area contributed by atoms with E-state index in [1.807, 2.05) is 19.9 Å². The fourth-order valence-corrected chi connectivity index (χ4v) is 2.09. The third-order valence-corrected chi connectivity index (χ3v) is 2.95. The first-order valence-electron chi connectivity index (χ1n) is 5.05. The molecule has 0 aliphatic rings. The van der Waals surface area contributed by atoms with Crippen LogP contribution in [0.25, 0.3) is 0 Å². The van der Waals surface area contributed by atoms with E-state index in [1.165, 1.54) is 11.3 Å². The first-order valence-corrected chi connectivity index (χ1v) is 5.84. The number of halogens is 1. The molecule has 0 heterocycles. The maximum absolute atomic E-state index is 6.07. The molecule has 0 aliphatic heterocycles. The van der Waals surface area contributed by atoms with Gasteiger partial charge >= 0.3 is 0 Å². The molecule has 0 fully saturated rings. The highest BCUT2D eigenvalue weighted by molar-refractivity contribution is 9.10. The molecule has 15 heavy (non-hydrogen) atoms. The van der Waals surface area contributed by atoms with Crippen LogP contribution in [0.4, 0.5) is 5.69 Å². The molecular weight excluding hydrogens is 252 g/mol. The van der Waals surface area contributed by atoms with Crippen molar-refractivity contribution >= 4 is 21.6 Å². The molecule has 0 saturated heterocycles. The number of hydrogen-bond acceptors (Lipinski definition) is 2. The lowest BCUT2D eigenvalue weighted by Gasteiger charge is -2.24. The second kappa shape index (κ2) is 4.54. The molecule has 84 valence electrons. The SMILES string of the molecule is CN(C)c1cccc(Br)c1CC(C)(C)N. The van der Waals surface area contributed by atoms with Gasteiger partial charge in [-0.3, -0.25) is 0 Å². The van der Waals surface area contributed by atoms with Crippen LogP contribution in [0.1, 0.15) is 19.4 Å². The molecule has 0 aliphatic carbocycles. The Morgan fingerprint density at radius 2 is 1.93 bits per heavy atom. The minimum atomic E-state index is -0.186. The van der Waals surface area contributed by atoms with Gasteiger partial charge in [0.2, 0.25) is 0 Å². The zero-order valence-corrected chi connectivity index (χ0v) is 11.4. The molecule has 0 amide bonds. The zero-order valence-electron chi connectivity index (χ0n) is 9.84. The van der Waals surface area contributed by atoms with Crippen LogP contribution in [0, 0.1) is 0 Å². The maximum Gasteiger partial charge on any atom is 0.0405 e. The lowest BCUT2D eigenvalue weighted by molar-refractivity contribution is 0.516. The molecule has 0 unspecified atom stereocenters. The van der Waals surface area contributed by atoms with Gasteiger partial charge in [-0.2, -0.15) is 0 Å². The molecule has 0 spiro atoms. The zero-order chi connectivity index (χ0) is 11.6. The van der Waals surface area contributed by atoms with Crippen molar-refractivity contribution in [3.63, 3.8) is 0 Å². The van der Waals surface area contributed by atoms with E-state index in [9.17, 15) is 0 Å². The smallest absolute Gasteiger partial charge is 0.0405 e. The Balaban J connectivity index is 3.14. The van der Waals surface area contributed by atoms with Gasteiger partial charge in [0.15, 0.2) is 0 Å². The summed E-state index contributed by atoms with van der Waals surface area (Å²) >= 11 is 3.59. The summed E-state index contributed by atoms with van der Waals surface area (Å²) in [5, 5.41) is 0. The molecule has 0 radical (unpaired) electrons. The van der Waals surface area contributed by atoms with E-state index in [4.69, 9.17) is 5.73 Å². The van der Waals surface area contributed by atoms with Gasteiger partial charge < -0.3 is 10.6 Å². The molecule has 2 nitrogen and oxygen atoms in total. The molecule has 0 atom stereocenters. The molecule has 2 N–H and O–H groups in total. The van der Waals surface area contributed by atoms with Gasteiger partial charge in [0.25, 0.3) is 0 Å². The van der Waals surface area contributed by atoms with E-state index in [1.54, 1.807) is 0 Å². The van der Waals surface area contributed by atoms with Crippen molar-refractivity contribution in [3.05, 3.63) is 28.2 Å². The Morgan fingerprint density at radius 3 is 2.40 bits per heavy atom. The quantitative estimate of drug-likeness (QED) is 0.916. The highest BCUT2D eigenvalue weighted by atomic mass is 79.9. The van der Waals surface area contributed by atoms with Gasteiger partial charge in [-0.05, 0) is 38.0 Å². The summed E-state index contributed by atoms with van der Waals surface area (Å²) in [4.78, 5) is 2.12. The molecule has 1 rings (SSSR count). The van der Waals surface area contributed by atoms with Crippen molar-refractivity contribution in [3.8, 4) is 0 Å². The average molecular weight is 271 g/mol. The third-order valence-electron chi connectivity index (χ3n) is 2.21. The summed E-state index contributed by atoms with van der Waals surface area (Å²) in [6.07, 6.45) is 0.863. The number of benzene rings is 1. The molecule has 0 bridgehead atoms. The minimum absolute atomic E-state index is 0.186. The lowest BCUT2D eigenvalue weighted by Crippen LogP contribution is -2.35. The highest BCUT2D eigenvalue weighted by Gasteiger charge is 2.17. The number of anilines is 1. The summed E-state index contributed by atoms with van der Waals surface area (Å²) < 4.78 is 1.13. The summed E-state index contributed by atoms with van der Waals surface area (Å²) in [6, 6.07) is 6.23. The minimum Gasteiger partial charge on any atom is -0.377 e. The predicted molar refractivity (Wildman–Crippen MR) is 70.4 cm³/mol. The third kappa shape index (κ3) is 3.50. The normalized spacial score (nSPS) is 11.6. The Bertz CT molecular complexity index is 340. The highest BCUT2D eigenvalue weighted by Crippen LogP contribution is 2.29. The Morgan fingerprint density at radius 1 is 1.33 bits per heavy atom. The average Bonchev–Trinajstić information content (AvgIpc) is 2.05. The van der Waals surface area contributed by atoms with Crippen LogP contribution in [-0.4, -0.2) is 19.6 Å². The number of nitrogens with two attached hydrogens (primary N) is 1. The number of rotatable bonds is 3. The molecule has 0 aromatic heterocycles. The van der Waals surface area contributed by atoms with E-state index >= 15 is 0 Å². The lowest BCUT2D eigenvalue weighted by atomic mass is 9.95. The summed E-state index contributed by atoms with van der Waals surface area (Å²) in [5.74, 6) is 0. The van der Waals surface area contributed by atoms with E-state index < -0.39 is 0 Å².